The van der Waals surface area contributed by atoms with Crippen molar-refractivity contribution in [1.82, 2.24) is 24.4 Å². The van der Waals surface area contributed by atoms with Crippen LogP contribution < -0.4 is 25.7 Å². The number of ether oxygens (including phenoxy) is 2. The van der Waals surface area contributed by atoms with Gasteiger partial charge in [0.05, 0.1) is 31.3 Å². The molecule has 5 rings (SSSR count). The molecule has 3 heterocycles. The van der Waals surface area contributed by atoms with E-state index in [0.29, 0.717) is 57.4 Å². The van der Waals surface area contributed by atoms with Crippen LogP contribution in [0.15, 0.2) is 90.3 Å². The molecule has 2 aromatic carbocycles. The lowest BCUT2D eigenvalue weighted by Gasteiger charge is -2.17. The molecule has 0 aliphatic carbocycles. The highest BCUT2D eigenvalue weighted by Gasteiger charge is 2.19. The minimum Gasteiger partial charge on any atom is -0.497 e. The van der Waals surface area contributed by atoms with Crippen LogP contribution in [0.4, 0.5) is 17.3 Å². The van der Waals surface area contributed by atoms with Crippen LogP contribution in [-0.4, -0.2) is 65.2 Å². The summed E-state index contributed by atoms with van der Waals surface area (Å²) in [5.74, 6) is 1.67. The maximum atomic E-state index is 14.3. The Morgan fingerprint density at radius 2 is 1.87 bits per heavy atom. The van der Waals surface area contributed by atoms with Gasteiger partial charge >= 0.3 is 0 Å². The smallest absolute Gasteiger partial charge is 0.259 e. The van der Waals surface area contributed by atoms with Crippen molar-refractivity contribution in [2.24, 2.45) is 0 Å². The zero-order chi connectivity index (χ0) is 31.9. The fraction of sp³-hybridized carbons (Fsp3) is 0.182. The first-order valence-corrected chi connectivity index (χ1v) is 14.3. The van der Waals surface area contributed by atoms with E-state index in [1.807, 2.05) is 37.2 Å². The fourth-order valence-electron chi connectivity index (χ4n) is 4.71. The van der Waals surface area contributed by atoms with Gasteiger partial charge in [-0.3, -0.25) is 9.59 Å². The average molecular weight is 626 g/mol. The molecule has 1 amide bonds. The zero-order valence-corrected chi connectivity index (χ0v) is 26.0. The van der Waals surface area contributed by atoms with Gasteiger partial charge in [-0.15, -0.1) is 0 Å². The maximum Gasteiger partial charge on any atom is 0.259 e. The number of methoxy groups -OCH3 is 2. The number of hydrogen-bond donors (Lipinski definition) is 2. The Morgan fingerprint density at radius 3 is 2.60 bits per heavy atom. The van der Waals surface area contributed by atoms with Crippen molar-refractivity contribution in [2.45, 2.75) is 6.54 Å². The number of hydrogen-bond acceptors (Lipinski definition) is 9. The van der Waals surface area contributed by atoms with Gasteiger partial charge in [0.15, 0.2) is 0 Å². The highest BCUT2D eigenvalue weighted by atomic mass is 35.5. The van der Waals surface area contributed by atoms with Gasteiger partial charge in [0, 0.05) is 59.3 Å². The van der Waals surface area contributed by atoms with Gasteiger partial charge in [0.2, 0.25) is 5.91 Å². The van der Waals surface area contributed by atoms with Crippen LogP contribution in [0.5, 0.6) is 11.5 Å². The molecule has 0 radical (unpaired) electrons. The lowest BCUT2D eigenvalue weighted by molar-refractivity contribution is -0.111. The van der Waals surface area contributed by atoms with Crippen molar-refractivity contribution in [2.75, 3.05) is 45.5 Å². The number of nitrogens with one attached hydrogen (secondary N) is 2. The van der Waals surface area contributed by atoms with Crippen molar-refractivity contribution in [3.63, 3.8) is 0 Å². The van der Waals surface area contributed by atoms with Crippen molar-refractivity contribution in [1.29, 1.82) is 0 Å². The molecule has 0 atom stereocenters. The molecule has 0 unspecified atom stereocenters. The first-order valence-electron chi connectivity index (χ1n) is 14.0. The number of anilines is 3. The quantitative estimate of drug-likeness (QED) is 0.186. The monoisotopic (exact) mass is 625 g/mol. The molecular weight excluding hydrogens is 594 g/mol. The largest absolute Gasteiger partial charge is 0.497 e. The molecule has 230 valence electrons. The molecule has 0 aliphatic rings. The van der Waals surface area contributed by atoms with Gasteiger partial charge in [0.25, 0.3) is 5.56 Å². The van der Waals surface area contributed by atoms with Crippen LogP contribution in [0.1, 0.15) is 5.56 Å². The van der Waals surface area contributed by atoms with Crippen molar-refractivity contribution in [3.8, 4) is 22.6 Å². The van der Waals surface area contributed by atoms with E-state index in [0.717, 1.165) is 5.56 Å². The highest BCUT2D eigenvalue weighted by molar-refractivity contribution is 6.35. The van der Waals surface area contributed by atoms with Gasteiger partial charge in [0.1, 0.15) is 29.5 Å². The van der Waals surface area contributed by atoms with Crippen molar-refractivity contribution < 1.29 is 14.3 Å². The van der Waals surface area contributed by atoms with Gasteiger partial charge in [-0.1, -0.05) is 29.8 Å². The normalized spacial score (nSPS) is 11.2. The molecule has 5 aromatic rings. The Kier molecular flexibility index (Phi) is 9.71. The molecular formula is C33H32ClN7O4. The lowest BCUT2D eigenvalue weighted by atomic mass is 10.0. The molecule has 0 saturated carbocycles. The Labute approximate surface area is 265 Å². The number of benzene rings is 2. The summed E-state index contributed by atoms with van der Waals surface area (Å²) in [6.07, 6.45) is 8.02. The summed E-state index contributed by atoms with van der Waals surface area (Å²) in [4.78, 5) is 41.5. The number of nitrogens with zero attached hydrogens (tertiary/aromatic N) is 5. The number of pyridine rings is 2. The second-order valence-electron chi connectivity index (χ2n) is 10.3. The van der Waals surface area contributed by atoms with E-state index < -0.39 is 0 Å². The number of carbonyl (C=O) groups excluding carboxylic acids is 1. The predicted octanol–water partition coefficient (Wildman–Crippen LogP) is 5.37. The van der Waals surface area contributed by atoms with Gasteiger partial charge in [-0.25, -0.2) is 15.0 Å². The molecule has 2 N–H and O–H groups in total. The molecule has 3 aromatic heterocycles. The predicted molar refractivity (Wildman–Crippen MR) is 177 cm³/mol. The molecule has 45 heavy (non-hydrogen) atoms. The third-order valence-corrected chi connectivity index (χ3v) is 7.24. The van der Waals surface area contributed by atoms with Crippen LogP contribution in [0.25, 0.3) is 22.0 Å². The Morgan fingerprint density at radius 1 is 1.02 bits per heavy atom. The van der Waals surface area contributed by atoms with E-state index in [-0.39, 0.29) is 23.0 Å². The standard InChI is InChI=1S/C33H32ClN7O4/c1-40(2)12-6-9-31(42)38-23-8-5-7-21(13-23)19-41-27-17-30(39-29-10-11-35-20-37-29)36-18-22(27)14-26(33(41)43)25-15-24(44-3)16-28(45-4)32(25)34/h5-11,13-18,20H,12,19H2,1-4H3,(H,38,42)(H,35,36,37,39)/b9-6+. The fourth-order valence-corrected chi connectivity index (χ4v) is 4.99. The Bertz CT molecular complexity index is 1930. The topological polar surface area (TPSA) is 124 Å². The molecule has 11 nitrogen and oxygen atoms in total. The maximum absolute atomic E-state index is 14.3. The van der Waals surface area contributed by atoms with E-state index in [1.165, 1.54) is 26.6 Å². The molecule has 0 fully saturated rings. The van der Waals surface area contributed by atoms with Crippen molar-refractivity contribution in [3.05, 3.63) is 106 Å². The summed E-state index contributed by atoms with van der Waals surface area (Å²) in [5, 5.41) is 7.03. The number of aromatic nitrogens is 4. The van der Waals surface area contributed by atoms with E-state index in [1.54, 1.807) is 59.4 Å². The molecule has 12 heteroatoms. The number of fused-ring (bicyclic) bond motifs is 1. The van der Waals surface area contributed by atoms with Gasteiger partial charge < -0.3 is 29.6 Å². The SMILES string of the molecule is COc1cc(OC)c(Cl)c(-c2cc3cnc(Nc4ccncn4)cc3n(Cc3cccc(NC(=O)/C=C/CN(C)C)c3)c2=O)c1. The molecule has 0 bridgehead atoms. The third kappa shape index (κ3) is 7.46. The first-order chi connectivity index (χ1) is 21.7. The van der Waals surface area contributed by atoms with E-state index in [2.05, 4.69) is 25.6 Å². The van der Waals surface area contributed by atoms with E-state index in [4.69, 9.17) is 21.1 Å². The van der Waals surface area contributed by atoms with Crippen LogP contribution >= 0.6 is 11.6 Å². The van der Waals surface area contributed by atoms with Gasteiger partial charge in [-0.2, -0.15) is 0 Å². The summed E-state index contributed by atoms with van der Waals surface area (Å²) in [7, 11) is 6.89. The van der Waals surface area contributed by atoms with Crippen LogP contribution in [-0.2, 0) is 11.3 Å². The minimum atomic E-state index is -0.292. The van der Waals surface area contributed by atoms with Crippen LogP contribution in [0.3, 0.4) is 0 Å². The van der Waals surface area contributed by atoms with E-state index in [9.17, 15) is 9.59 Å². The van der Waals surface area contributed by atoms with Crippen LogP contribution in [0, 0.1) is 0 Å². The van der Waals surface area contributed by atoms with Crippen molar-refractivity contribution >= 4 is 45.7 Å². The number of amides is 1. The minimum absolute atomic E-state index is 0.193. The van der Waals surface area contributed by atoms with E-state index >= 15 is 0 Å². The lowest BCUT2D eigenvalue weighted by Crippen LogP contribution is -2.23. The average Bonchev–Trinajstić information content (AvgIpc) is 3.03. The number of rotatable bonds is 11. The first kappa shape index (κ1) is 31.2. The number of halogens is 1. The number of carbonyl (C=O) groups is 1. The second kappa shape index (κ2) is 14.0. The Balaban J connectivity index is 1.60. The van der Waals surface area contributed by atoms with Crippen LogP contribution in [0.2, 0.25) is 5.02 Å². The summed E-state index contributed by atoms with van der Waals surface area (Å²) in [6, 6.07) is 16.0. The molecule has 0 spiro atoms. The third-order valence-electron chi connectivity index (χ3n) is 6.85. The molecule has 0 aliphatic heterocycles. The number of likely N-dealkylation sites (N-methyl/N-ethyl adjacent to an activating group) is 1. The summed E-state index contributed by atoms with van der Waals surface area (Å²) in [6.45, 7) is 0.838. The second-order valence-corrected chi connectivity index (χ2v) is 10.7. The highest BCUT2D eigenvalue weighted by Crippen LogP contribution is 2.39. The summed E-state index contributed by atoms with van der Waals surface area (Å²) in [5.41, 5.74) is 2.54. The van der Waals surface area contributed by atoms with Gasteiger partial charge in [-0.05, 0) is 50.0 Å². The molecule has 0 saturated heterocycles. The Hall–Kier alpha value is -5.26. The summed E-state index contributed by atoms with van der Waals surface area (Å²) < 4.78 is 12.6. The summed E-state index contributed by atoms with van der Waals surface area (Å²) >= 11 is 6.73. The zero-order valence-electron chi connectivity index (χ0n) is 25.2.